The molecule has 67 heavy (non-hydrogen) atoms. The second-order valence-electron chi connectivity index (χ2n) is 17.2. The maximum absolute atomic E-state index is 14.0. The number of amides is 1. The predicted molar refractivity (Wildman–Crippen MR) is 252 cm³/mol. The number of H-pyrrole nitrogens is 1. The Kier molecular flexibility index (Phi) is 15.3. The first kappa shape index (κ1) is 49.7. The highest BCUT2D eigenvalue weighted by Crippen LogP contribution is 2.44. The van der Waals surface area contributed by atoms with Crippen molar-refractivity contribution in [2.45, 2.75) is 75.0 Å². The van der Waals surface area contributed by atoms with E-state index in [-0.39, 0.29) is 48.7 Å². The van der Waals surface area contributed by atoms with Crippen LogP contribution < -0.4 is 19.7 Å². The van der Waals surface area contributed by atoms with E-state index >= 15 is 0 Å². The summed E-state index contributed by atoms with van der Waals surface area (Å²) in [6.07, 6.45) is 5.60. The molecule has 0 bridgehead atoms. The van der Waals surface area contributed by atoms with Crippen molar-refractivity contribution < 1.29 is 49.0 Å². The second-order valence-corrected chi connectivity index (χ2v) is 21.2. The van der Waals surface area contributed by atoms with E-state index in [1.165, 1.54) is 29.0 Å². The van der Waals surface area contributed by atoms with E-state index in [1.807, 2.05) is 16.9 Å². The van der Waals surface area contributed by atoms with Crippen molar-refractivity contribution in [3.8, 4) is 11.5 Å². The molecule has 0 unspecified atom stereocenters. The van der Waals surface area contributed by atoms with Gasteiger partial charge in [-0.2, -0.15) is 13.2 Å². The predicted octanol–water partition coefficient (Wildman–Crippen LogP) is 9.41. The molecule has 0 radical (unpaired) electrons. The lowest BCUT2D eigenvalue weighted by molar-refractivity contribution is -0.137. The molecule has 1 amide bonds. The summed E-state index contributed by atoms with van der Waals surface area (Å²) in [6.45, 7) is 12.1. The van der Waals surface area contributed by atoms with Gasteiger partial charge in [0, 0.05) is 87.3 Å². The molecule has 360 valence electrons. The van der Waals surface area contributed by atoms with Gasteiger partial charge in [-0.15, -0.1) is 0 Å². The van der Waals surface area contributed by atoms with Crippen LogP contribution in [0.3, 0.4) is 0 Å². The van der Waals surface area contributed by atoms with Gasteiger partial charge in [-0.3, -0.25) is 9.69 Å². The largest absolute Gasteiger partial charge is 0.501 e. The Balaban J connectivity index is 1.12. The van der Waals surface area contributed by atoms with Gasteiger partial charge < -0.3 is 29.4 Å². The number of carbonyl (C=O) groups excluding carboxylic acids is 1. The number of carbonyl (C=O) groups is 1. The number of piperazine rings is 1. The summed E-state index contributed by atoms with van der Waals surface area (Å²) in [6, 6.07) is 18.4. The Hall–Kier alpha value is -5.18. The number of aromatic nitrogens is 2. The summed E-state index contributed by atoms with van der Waals surface area (Å²) in [5.41, 5.74) is -1.08. The van der Waals surface area contributed by atoms with Gasteiger partial charge in [-0.1, -0.05) is 43.2 Å². The van der Waals surface area contributed by atoms with Crippen molar-refractivity contribution in [1.82, 2.24) is 19.6 Å². The average molecular weight is 988 g/mol. The smallest absolute Gasteiger partial charge is 0.455 e. The molecule has 3 aromatic carbocycles. The van der Waals surface area contributed by atoms with E-state index in [4.69, 9.17) is 25.8 Å². The first-order chi connectivity index (χ1) is 31.8. The lowest BCUT2D eigenvalue weighted by Gasteiger charge is -2.39. The van der Waals surface area contributed by atoms with E-state index in [0.717, 1.165) is 51.0 Å². The molecule has 3 N–H and O–H groups in total. The summed E-state index contributed by atoms with van der Waals surface area (Å²) >= 11 is 6.23. The van der Waals surface area contributed by atoms with Crippen LogP contribution in [0, 0.1) is 5.41 Å². The van der Waals surface area contributed by atoms with Crippen LogP contribution in [-0.2, 0) is 29.3 Å². The van der Waals surface area contributed by atoms with Crippen LogP contribution in [0.25, 0.3) is 16.6 Å². The van der Waals surface area contributed by atoms with Crippen LogP contribution >= 0.6 is 11.6 Å². The number of aromatic amines is 1. The van der Waals surface area contributed by atoms with E-state index in [2.05, 4.69) is 51.1 Å². The Bertz CT molecular complexity index is 2820. The second kappa shape index (κ2) is 20.6. The SMILES string of the molecule is CCOC(CCNc1ccc(S(=O)(=O)NC(=O)c2ccc(N3CCN(CC4=C(c5ccc(Cl)cc5)CC(C)(C)CC4)CC3)cc2Oc2cnc3[nH]ccc3c2)cc1S(=O)(=O)C(F)(F)F)OCC. The van der Waals surface area contributed by atoms with Crippen molar-refractivity contribution in [2.75, 3.05) is 62.7 Å². The fourth-order valence-electron chi connectivity index (χ4n) is 8.29. The molecule has 1 saturated heterocycles. The molecular formula is C47H54ClF3N6O8S2. The van der Waals surface area contributed by atoms with Gasteiger partial charge in [-0.25, -0.2) is 26.5 Å². The van der Waals surface area contributed by atoms with Crippen molar-refractivity contribution in [1.29, 1.82) is 0 Å². The third-order valence-electron chi connectivity index (χ3n) is 11.8. The van der Waals surface area contributed by atoms with Gasteiger partial charge in [0.25, 0.3) is 25.8 Å². The molecule has 0 saturated carbocycles. The van der Waals surface area contributed by atoms with Crippen LogP contribution in [0.15, 0.2) is 101 Å². The number of nitrogens with zero attached hydrogens (tertiary/aromatic N) is 3. The topological polar surface area (TPSA) is 172 Å². The molecule has 2 aliphatic rings. The summed E-state index contributed by atoms with van der Waals surface area (Å²) in [5, 5.41) is 4.03. The summed E-state index contributed by atoms with van der Waals surface area (Å²) in [5.74, 6) is -0.961. The lowest BCUT2D eigenvalue weighted by Crippen LogP contribution is -2.47. The van der Waals surface area contributed by atoms with E-state index < -0.39 is 53.0 Å². The number of allylic oxidation sites excluding steroid dienone is 1. The zero-order valence-corrected chi connectivity index (χ0v) is 40.0. The lowest BCUT2D eigenvalue weighted by atomic mass is 9.72. The number of hydrogen-bond donors (Lipinski definition) is 3. The zero-order valence-electron chi connectivity index (χ0n) is 37.6. The molecule has 5 aromatic rings. The summed E-state index contributed by atoms with van der Waals surface area (Å²) in [7, 11) is -11.1. The number of ether oxygens (including phenoxy) is 3. The van der Waals surface area contributed by atoms with E-state index in [9.17, 15) is 34.8 Å². The van der Waals surface area contributed by atoms with Crippen molar-refractivity contribution in [2.24, 2.45) is 5.41 Å². The molecule has 3 heterocycles. The number of halogens is 4. The molecule has 0 spiro atoms. The molecule has 14 nitrogen and oxygen atoms in total. The first-order valence-corrected chi connectivity index (χ1v) is 25.3. The quantitative estimate of drug-likeness (QED) is 0.0712. The average Bonchev–Trinajstić information content (AvgIpc) is 3.75. The number of sulfone groups is 1. The Morgan fingerprint density at radius 2 is 1.66 bits per heavy atom. The first-order valence-electron chi connectivity index (χ1n) is 22.0. The number of benzene rings is 3. The number of rotatable bonds is 18. The summed E-state index contributed by atoms with van der Waals surface area (Å²) in [4.78, 5) is 23.7. The number of alkyl halides is 3. The fraction of sp³-hybridized carbons (Fsp3) is 0.404. The molecule has 0 atom stereocenters. The molecule has 7 rings (SSSR count). The molecule has 20 heteroatoms. The highest BCUT2D eigenvalue weighted by Gasteiger charge is 2.48. The van der Waals surface area contributed by atoms with E-state index in [0.29, 0.717) is 40.9 Å². The third kappa shape index (κ3) is 11.9. The minimum atomic E-state index is -6.09. The Morgan fingerprint density at radius 3 is 2.34 bits per heavy atom. The van der Waals surface area contributed by atoms with Gasteiger partial charge >= 0.3 is 5.51 Å². The number of sulfonamides is 1. The van der Waals surface area contributed by atoms with Crippen molar-refractivity contribution in [3.05, 3.63) is 107 Å². The Morgan fingerprint density at radius 1 is 0.940 bits per heavy atom. The van der Waals surface area contributed by atoms with Crippen molar-refractivity contribution in [3.63, 3.8) is 0 Å². The number of fused-ring (bicyclic) bond motifs is 1. The molecule has 1 fully saturated rings. The third-order valence-corrected chi connectivity index (χ3v) is 14.9. The highest BCUT2D eigenvalue weighted by molar-refractivity contribution is 7.92. The van der Waals surface area contributed by atoms with Gasteiger partial charge in [0.2, 0.25) is 0 Å². The standard InChI is InChI=1S/C47H54ClF3N6O8S2/c1-5-63-43(64-6-2)17-20-52-40-14-12-37(27-42(40)66(59,60)47(49,50)51)67(61,62)55-45(58)38-13-11-35(26-41(38)65-36-25-32-16-19-53-44(32)54-29-36)57-23-21-56(22-24-57)30-33-15-18-46(3,4)28-39(33)31-7-9-34(48)10-8-31/h7-14,16,19,25-27,29,43,52H,5-6,15,17-18,20-24,28,30H2,1-4H3,(H,53,54)(H,55,58). The summed E-state index contributed by atoms with van der Waals surface area (Å²) < 4.78 is 114. The van der Waals surface area contributed by atoms with Crippen LogP contribution in [0.5, 0.6) is 11.5 Å². The minimum Gasteiger partial charge on any atom is -0.455 e. The number of pyridine rings is 1. The number of nitrogens with one attached hydrogen (secondary N) is 3. The highest BCUT2D eigenvalue weighted by atomic mass is 35.5. The van der Waals surface area contributed by atoms with Crippen LogP contribution in [-0.4, -0.2) is 102 Å². The zero-order chi connectivity index (χ0) is 48.1. The molecule has 2 aromatic heterocycles. The number of hydrogen-bond acceptors (Lipinski definition) is 12. The molecule has 1 aliphatic heterocycles. The minimum absolute atomic E-state index is 0.0239. The molecular weight excluding hydrogens is 933 g/mol. The fourth-order valence-corrected chi connectivity index (χ4v) is 10.4. The maximum Gasteiger partial charge on any atom is 0.501 e. The number of anilines is 2. The Labute approximate surface area is 393 Å². The van der Waals surface area contributed by atoms with Crippen LogP contribution in [0.2, 0.25) is 5.02 Å². The monoisotopic (exact) mass is 986 g/mol. The molecule has 1 aliphatic carbocycles. The normalized spacial score (nSPS) is 16.2. The van der Waals surface area contributed by atoms with Gasteiger partial charge in [0.1, 0.15) is 22.0 Å². The van der Waals surface area contributed by atoms with Gasteiger partial charge in [0.15, 0.2) is 6.29 Å². The van der Waals surface area contributed by atoms with Crippen LogP contribution in [0.4, 0.5) is 24.5 Å². The van der Waals surface area contributed by atoms with Gasteiger partial charge in [0.05, 0.1) is 22.3 Å². The van der Waals surface area contributed by atoms with E-state index in [1.54, 1.807) is 44.3 Å². The van der Waals surface area contributed by atoms with Crippen molar-refractivity contribution >= 4 is 65.3 Å². The van der Waals surface area contributed by atoms with Gasteiger partial charge in [-0.05, 0) is 104 Å². The maximum atomic E-state index is 14.0. The van der Waals surface area contributed by atoms with Crippen LogP contribution in [0.1, 0.15) is 69.3 Å².